The van der Waals surface area contributed by atoms with Crippen LogP contribution in [0.3, 0.4) is 0 Å². The van der Waals surface area contributed by atoms with Gasteiger partial charge in [-0.1, -0.05) is 13.3 Å². The van der Waals surface area contributed by atoms with Crippen LogP contribution in [-0.4, -0.2) is 50.3 Å². The number of nitrogens with zero attached hydrogens (tertiary/aromatic N) is 1. The van der Waals surface area contributed by atoms with Gasteiger partial charge in [0.05, 0.1) is 13.2 Å². The zero-order chi connectivity index (χ0) is 10.7. The lowest BCUT2D eigenvalue weighted by atomic mass is 9.90. The fraction of sp³-hybridized carbons (Fsp3) is 1.00. The number of hydrogen-bond acceptors (Lipinski definition) is 3. The molecule has 0 aromatic heterocycles. The lowest BCUT2D eigenvalue weighted by molar-refractivity contribution is 0.123. The maximum absolute atomic E-state index is 5.57. The summed E-state index contributed by atoms with van der Waals surface area (Å²) in [6.45, 7) is 6.26. The predicted molar refractivity (Wildman–Crippen MR) is 62.0 cm³/mol. The van der Waals surface area contributed by atoms with Gasteiger partial charge in [0.15, 0.2) is 0 Å². The van der Waals surface area contributed by atoms with E-state index in [9.17, 15) is 0 Å². The van der Waals surface area contributed by atoms with Gasteiger partial charge in [-0.25, -0.2) is 0 Å². The molecule has 0 spiro atoms. The molecule has 2 fully saturated rings. The minimum Gasteiger partial charge on any atom is -0.379 e. The molecule has 0 amide bonds. The maximum Gasteiger partial charge on any atom is 0.0623 e. The third-order valence-corrected chi connectivity index (χ3v) is 3.89. The number of hydrogen-bond donors (Lipinski definition) is 1. The Morgan fingerprint density at radius 3 is 2.73 bits per heavy atom. The first-order chi connectivity index (χ1) is 7.31. The monoisotopic (exact) mass is 212 g/mol. The van der Waals surface area contributed by atoms with Crippen molar-refractivity contribution in [1.29, 1.82) is 0 Å². The van der Waals surface area contributed by atoms with Gasteiger partial charge >= 0.3 is 0 Å². The highest BCUT2D eigenvalue weighted by atomic mass is 16.5. The van der Waals surface area contributed by atoms with E-state index in [0.29, 0.717) is 12.0 Å². The molecule has 2 atom stereocenters. The molecule has 1 aliphatic heterocycles. The van der Waals surface area contributed by atoms with Gasteiger partial charge in [0, 0.05) is 24.5 Å². The fourth-order valence-electron chi connectivity index (χ4n) is 2.61. The third kappa shape index (κ3) is 2.71. The van der Waals surface area contributed by atoms with Crippen molar-refractivity contribution in [3.63, 3.8) is 0 Å². The summed E-state index contributed by atoms with van der Waals surface area (Å²) in [5, 5.41) is 3.52. The minimum atomic E-state index is 0.581. The summed E-state index contributed by atoms with van der Waals surface area (Å²) in [7, 11) is 2.27. The molecule has 3 heteroatoms. The molecule has 1 saturated heterocycles. The molecule has 1 N–H and O–H groups in total. The van der Waals surface area contributed by atoms with Crippen LogP contribution in [0, 0.1) is 5.92 Å². The first-order valence-electron chi connectivity index (χ1n) is 6.32. The van der Waals surface area contributed by atoms with Crippen molar-refractivity contribution in [1.82, 2.24) is 10.2 Å². The molecule has 0 bridgehead atoms. The SMILES string of the molecule is CCNC1COCC1CN(C)C1CCC1. The van der Waals surface area contributed by atoms with Gasteiger partial charge in [0.25, 0.3) is 0 Å². The largest absolute Gasteiger partial charge is 0.379 e. The Hall–Kier alpha value is -0.120. The van der Waals surface area contributed by atoms with Crippen LogP contribution in [0.4, 0.5) is 0 Å². The van der Waals surface area contributed by atoms with Crippen LogP contribution >= 0.6 is 0 Å². The van der Waals surface area contributed by atoms with Gasteiger partial charge in [-0.15, -0.1) is 0 Å². The van der Waals surface area contributed by atoms with Gasteiger partial charge in [-0.05, 0) is 26.4 Å². The summed E-state index contributed by atoms with van der Waals surface area (Å²) in [6, 6.07) is 1.44. The average Bonchev–Trinajstić information content (AvgIpc) is 2.50. The summed E-state index contributed by atoms with van der Waals surface area (Å²) in [5.74, 6) is 0.690. The minimum absolute atomic E-state index is 0.581. The summed E-state index contributed by atoms with van der Waals surface area (Å²) in [6.07, 6.45) is 4.22. The Kier molecular flexibility index (Phi) is 4.00. The van der Waals surface area contributed by atoms with E-state index >= 15 is 0 Å². The smallest absolute Gasteiger partial charge is 0.0623 e. The number of rotatable bonds is 5. The maximum atomic E-state index is 5.57. The van der Waals surface area contributed by atoms with E-state index in [1.165, 1.54) is 25.8 Å². The van der Waals surface area contributed by atoms with Gasteiger partial charge in [-0.3, -0.25) is 0 Å². The lowest BCUT2D eigenvalue weighted by Crippen LogP contribution is -2.45. The molecular formula is C12H24N2O. The van der Waals surface area contributed by atoms with Crippen molar-refractivity contribution in [2.24, 2.45) is 5.92 Å². The molecule has 2 aliphatic rings. The van der Waals surface area contributed by atoms with Gasteiger partial charge in [0.2, 0.25) is 0 Å². The van der Waals surface area contributed by atoms with Crippen LogP contribution < -0.4 is 5.32 Å². The standard InChI is InChI=1S/C12H24N2O/c1-3-13-12-9-15-8-10(12)7-14(2)11-5-4-6-11/h10-13H,3-9H2,1-2H3. The molecule has 1 aliphatic carbocycles. The molecule has 0 aromatic rings. The van der Waals surface area contributed by atoms with Crippen LogP contribution in [0.25, 0.3) is 0 Å². The predicted octanol–water partition coefficient (Wildman–Crippen LogP) is 1.10. The molecule has 2 unspecified atom stereocenters. The van der Waals surface area contributed by atoms with Crippen LogP contribution in [0.2, 0.25) is 0 Å². The van der Waals surface area contributed by atoms with Gasteiger partial charge < -0.3 is 15.0 Å². The Balaban J connectivity index is 1.76. The van der Waals surface area contributed by atoms with E-state index in [1.807, 2.05) is 0 Å². The molecule has 2 rings (SSSR count). The molecule has 3 nitrogen and oxygen atoms in total. The van der Waals surface area contributed by atoms with Crippen molar-refractivity contribution in [2.45, 2.75) is 38.3 Å². The number of likely N-dealkylation sites (N-methyl/N-ethyl adjacent to an activating group) is 1. The Morgan fingerprint density at radius 2 is 2.13 bits per heavy atom. The highest BCUT2D eigenvalue weighted by Crippen LogP contribution is 2.25. The van der Waals surface area contributed by atoms with Crippen LogP contribution in [0.5, 0.6) is 0 Å². The van der Waals surface area contributed by atoms with E-state index < -0.39 is 0 Å². The second-order valence-electron chi connectivity index (χ2n) is 4.99. The van der Waals surface area contributed by atoms with Crippen LogP contribution in [-0.2, 0) is 4.74 Å². The lowest BCUT2D eigenvalue weighted by Gasteiger charge is -2.36. The second kappa shape index (κ2) is 5.28. The zero-order valence-corrected chi connectivity index (χ0v) is 10.0. The Morgan fingerprint density at radius 1 is 1.33 bits per heavy atom. The molecule has 1 heterocycles. The van der Waals surface area contributed by atoms with E-state index in [4.69, 9.17) is 4.74 Å². The van der Waals surface area contributed by atoms with Crippen molar-refractivity contribution in [3.05, 3.63) is 0 Å². The highest BCUT2D eigenvalue weighted by Gasteiger charge is 2.31. The van der Waals surface area contributed by atoms with Crippen molar-refractivity contribution >= 4 is 0 Å². The van der Waals surface area contributed by atoms with E-state index in [1.54, 1.807) is 0 Å². The normalized spacial score (nSPS) is 32.2. The van der Waals surface area contributed by atoms with Crippen LogP contribution in [0.15, 0.2) is 0 Å². The van der Waals surface area contributed by atoms with E-state index in [2.05, 4.69) is 24.2 Å². The van der Waals surface area contributed by atoms with E-state index in [-0.39, 0.29) is 0 Å². The molecule has 0 aromatic carbocycles. The number of ether oxygens (including phenoxy) is 1. The zero-order valence-electron chi connectivity index (χ0n) is 10.0. The Bertz CT molecular complexity index is 194. The van der Waals surface area contributed by atoms with Gasteiger partial charge in [-0.2, -0.15) is 0 Å². The van der Waals surface area contributed by atoms with Gasteiger partial charge in [0.1, 0.15) is 0 Å². The van der Waals surface area contributed by atoms with Crippen molar-refractivity contribution in [3.8, 4) is 0 Å². The van der Waals surface area contributed by atoms with Crippen molar-refractivity contribution < 1.29 is 4.74 Å². The quantitative estimate of drug-likeness (QED) is 0.738. The third-order valence-electron chi connectivity index (χ3n) is 3.89. The summed E-state index contributed by atoms with van der Waals surface area (Å²) in [5.41, 5.74) is 0. The Labute approximate surface area is 93.2 Å². The summed E-state index contributed by atoms with van der Waals surface area (Å²) in [4.78, 5) is 2.53. The fourth-order valence-corrected chi connectivity index (χ4v) is 2.61. The topological polar surface area (TPSA) is 24.5 Å². The average molecular weight is 212 g/mol. The molecule has 1 saturated carbocycles. The molecular weight excluding hydrogens is 188 g/mol. The molecule has 88 valence electrons. The molecule has 0 radical (unpaired) electrons. The highest BCUT2D eigenvalue weighted by molar-refractivity contribution is 4.86. The summed E-state index contributed by atoms with van der Waals surface area (Å²) >= 11 is 0. The second-order valence-corrected chi connectivity index (χ2v) is 4.99. The van der Waals surface area contributed by atoms with E-state index in [0.717, 1.165) is 25.8 Å². The van der Waals surface area contributed by atoms with Crippen molar-refractivity contribution in [2.75, 3.05) is 33.4 Å². The first-order valence-corrected chi connectivity index (χ1v) is 6.32. The van der Waals surface area contributed by atoms with Crippen LogP contribution in [0.1, 0.15) is 26.2 Å². The summed E-state index contributed by atoms with van der Waals surface area (Å²) < 4.78 is 5.57. The molecule has 15 heavy (non-hydrogen) atoms. The first kappa shape index (κ1) is 11.4. The number of nitrogens with one attached hydrogen (secondary N) is 1.